The molecule has 0 bridgehead atoms. The van der Waals surface area contributed by atoms with Gasteiger partial charge < -0.3 is 14.8 Å². The first kappa shape index (κ1) is 11.3. The summed E-state index contributed by atoms with van der Waals surface area (Å²) in [6.45, 7) is 0.152. The second kappa shape index (κ2) is 5.27. The van der Waals surface area contributed by atoms with E-state index in [1.165, 1.54) is 12.2 Å². The minimum absolute atomic E-state index is 0.0809. The Hall–Kier alpha value is -2.14. The van der Waals surface area contributed by atoms with Crippen molar-refractivity contribution < 1.29 is 14.3 Å². The number of oxazole rings is 1. The predicted octanol–water partition coefficient (Wildman–Crippen LogP) is 0.949. The van der Waals surface area contributed by atoms with Crippen LogP contribution in [0.5, 0.6) is 0 Å². The van der Waals surface area contributed by atoms with Gasteiger partial charge in [-0.25, -0.2) is 4.98 Å². The molecule has 0 unspecified atom stereocenters. The quantitative estimate of drug-likeness (QED) is 0.769. The number of para-hydroxylation sites is 2. The van der Waals surface area contributed by atoms with Crippen molar-refractivity contribution >= 4 is 23.1 Å². The van der Waals surface area contributed by atoms with Gasteiger partial charge in [-0.05, 0) is 12.1 Å². The van der Waals surface area contributed by atoms with Crippen LogP contribution in [0, 0.1) is 0 Å². The molecule has 17 heavy (non-hydrogen) atoms. The molecular formula is C12H12N2O3. The maximum Gasteiger partial charge on any atom is 0.244 e. The molecule has 0 aliphatic heterocycles. The number of benzene rings is 1. The standard InChI is InChI=1S/C12H12N2O3/c15-8-7-13-11(16)5-6-12-14-9-3-1-2-4-10(9)17-12/h1-6,15H,7-8H2,(H,13,16)/b6-5+. The van der Waals surface area contributed by atoms with Gasteiger partial charge in [-0.3, -0.25) is 4.79 Å². The smallest absolute Gasteiger partial charge is 0.244 e. The van der Waals surface area contributed by atoms with Crippen molar-refractivity contribution in [3.05, 3.63) is 36.2 Å². The van der Waals surface area contributed by atoms with Gasteiger partial charge in [0.25, 0.3) is 0 Å². The number of aromatic nitrogens is 1. The number of nitrogens with zero attached hydrogens (tertiary/aromatic N) is 1. The van der Waals surface area contributed by atoms with Crippen LogP contribution in [0.25, 0.3) is 17.2 Å². The number of carbonyl (C=O) groups excluding carboxylic acids is 1. The lowest BCUT2D eigenvalue weighted by molar-refractivity contribution is -0.116. The molecule has 0 fully saturated rings. The average molecular weight is 232 g/mol. The third kappa shape index (κ3) is 2.92. The first-order valence-electron chi connectivity index (χ1n) is 5.22. The second-order valence-corrected chi connectivity index (χ2v) is 3.37. The Morgan fingerprint density at radius 3 is 3.06 bits per heavy atom. The molecule has 0 radical (unpaired) electrons. The Morgan fingerprint density at radius 2 is 2.29 bits per heavy atom. The van der Waals surface area contributed by atoms with Gasteiger partial charge in [-0.15, -0.1) is 0 Å². The summed E-state index contributed by atoms with van der Waals surface area (Å²) in [4.78, 5) is 15.4. The Bertz CT molecular complexity index is 512. The number of amides is 1. The summed E-state index contributed by atoms with van der Waals surface area (Å²) >= 11 is 0. The summed E-state index contributed by atoms with van der Waals surface area (Å²) in [5, 5.41) is 11.0. The summed E-state index contributed by atoms with van der Waals surface area (Å²) in [5.41, 5.74) is 1.44. The molecule has 0 saturated carbocycles. The Balaban J connectivity index is 2.07. The van der Waals surface area contributed by atoms with Gasteiger partial charge in [0.1, 0.15) is 5.52 Å². The van der Waals surface area contributed by atoms with Gasteiger partial charge in [0.15, 0.2) is 5.58 Å². The van der Waals surface area contributed by atoms with Gasteiger partial charge in [0.05, 0.1) is 6.61 Å². The highest BCUT2D eigenvalue weighted by atomic mass is 16.3. The van der Waals surface area contributed by atoms with Gasteiger partial charge in [-0.2, -0.15) is 0 Å². The normalized spacial score (nSPS) is 11.1. The average Bonchev–Trinajstić information content (AvgIpc) is 2.76. The lowest BCUT2D eigenvalue weighted by atomic mass is 10.3. The van der Waals surface area contributed by atoms with E-state index in [4.69, 9.17) is 9.52 Å². The summed E-state index contributed by atoms with van der Waals surface area (Å²) in [5.74, 6) is 0.0895. The van der Waals surface area contributed by atoms with Crippen LogP contribution < -0.4 is 5.32 Å². The zero-order valence-corrected chi connectivity index (χ0v) is 9.09. The van der Waals surface area contributed by atoms with Crippen LogP contribution in [-0.2, 0) is 4.79 Å². The third-order valence-corrected chi connectivity index (χ3v) is 2.10. The monoisotopic (exact) mass is 232 g/mol. The number of hydrogen-bond donors (Lipinski definition) is 2. The van der Waals surface area contributed by atoms with E-state index in [-0.39, 0.29) is 19.1 Å². The van der Waals surface area contributed by atoms with Crippen molar-refractivity contribution in [3.63, 3.8) is 0 Å². The Labute approximate surface area is 97.8 Å². The number of fused-ring (bicyclic) bond motifs is 1. The first-order valence-corrected chi connectivity index (χ1v) is 5.22. The Morgan fingerprint density at radius 1 is 1.47 bits per heavy atom. The summed E-state index contributed by atoms with van der Waals surface area (Å²) in [6, 6.07) is 7.37. The molecule has 0 aliphatic rings. The first-order chi connectivity index (χ1) is 8.29. The molecule has 0 aliphatic carbocycles. The van der Waals surface area contributed by atoms with E-state index in [9.17, 15) is 4.79 Å². The molecule has 2 rings (SSSR count). The fraction of sp³-hybridized carbons (Fsp3) is 0.167. The largest absolute Gasteiger partial charge is 0.437 e. The molecule has 2 aromatic rings. The lowest BCUT2D eigenvalue weighted by Gasteiger charge is -1.95. The van der Waals surface area contributed by atoms with Crippen LogP contribution in [0.3, 0.4) is 0 Å². The van der Waals surface area contributed by atoms with Crippen molar-refractivity contribution in [3.8, 4) is 0 Å². The summed E-state index contributed by atoms with van der Waals surface area (Å²) in [7, 11) is 0. The van der Waals surface area contributed by atoms with Crippen molar-refractivity contribution in [1.29, 1.82) is 0 Å². The van der Waals surface area contributed by atoms with E-state index in [0.29, 0.717) is 11.5 Å². The molecule has 5 heteroatoms. The minimum atomic E-state index is -0.290. The van der Waals surface area contributed by atoms with E-state index in [1.807, 2.05) is 24.3 Å². The molecule has 1 amide bonds. The topological polar surface area (TPSA) is 75.4 Å². The highest BCUT2D eigenvalue weighted by Crippen LogP contribution is 2.15. The molecule has 0 atom stereocenters. The molecular weight excluding hydrogens is 220 g/mol. The lowest BCUT2D eigenvalue weighted by Crippen LogP contribution is -2.24. The molecule has 88 valence electrons. The highest BCUT2D eigenvalue weighted by molar-refractivity contribution is 5.91. The van der Waals surface area contributed by atoms with Gasteiger partial charge in [-0.1, -0.05) is 12.1 Å². The number of carbonyl (C=O) groups is 1. The fourth-order valence-corrected chi connectivity index (χ4v) is 1.35. The SMILES string of the molecule is O=C(/C=C/c1nc2ccccc2o1)NCCO. The van der Waals surface area contributed by atoms with E-state index in [0.717, 1.165) is 5.52 Å². The molecule has 0 spiro atoms. The molecule has 1 aromatic heterocycles. The van der Waals surface area contributed by atoms with E-state index >= 15 is 0 Å². The van der Waals surface area contributed by atoms with Crippen molar-refractivity contribution in [1.82, 2.24) is 10.3 Å². The summed E-state index contributed by atoms with van der Waals surface area (Å²) in [6.07, 6.45) is 2.81. The van der Waals surface area contributed by atoms with E-state index in [1.54, 1.807) is 0 Å². The number of aliphatic hydroxyl groups is 1. The number of rotatable bonds is 4. The van der Waals surface area contributed by atoms with Crippen LogP contribution in [0.4, 0.5) is 0 Å². The molecule has 0 saturated heterocycles. The maximum absolute atomic E-state index is 11.2. The Kier molecular flexibility index (Phi) is 3.52. The van der Waals surface area contributed by atoms with Crippen LogP contribution in [0.2, 0.25) is 0 Å². The van der Waals surface area contributed by atoms with Crippen LogP contribution >= 0.6 is 0 Å². The van der Waals surface area contributed by atoms with Gasteiger partial charge in [0.2, 0.25) is 11.8 Å². The fourth-order valence-electron chi connectivity index (χ4n) is 1.35. The van der Waals surface area contributed by atoms with E-state index < -0.39 is 0 Å². The van der Waals surface area contributed by atoms with Gasteiger partial charge >= 0.3 is 0 Å². The number of hydrogen-bond acceptors (Lipinski definition) is 4. The molecule has 2 N–H and O–H groups in total. The van der Waals surface area contributed by atoms with Crippen LogP contribution in [-0.4, -0.2) is 29.1 Å². The number of aliphatic hydroxyl groups excluding tert-OH is 1. The summed E-state index contributed by atoms with van der Waals surface area (Å²) < 4.78 is 5.40. The van der Waals surface area contributed by atoms with E-state index in [2.05, 4.69) is 10.3 Å². The van der Waals surface area contributed by atoms with Crippen LogP contribution in [0.1, 0.15) is 5.89 Å². The molecule has 1 aromatic carbocycles. The van der Waals surface area contributed by atoms with Crippen molar-refractivity contribution in [2.75, 3.05) is 13.2 Å². The van der Waals surface area contributed by atoms with Gasteiger partial charge in [0, 0.05) is 18.7 Å². The van der Waals surface area contributed by atoms with Crippen molar-refractivity contribution in [2.24, 2.45) is 0 Å². The van der Waals surface area contributed by atoms with Crippen LogP contribution in [0.15, 0.2) is 34.8 Å². The maximum atomic E-state index is 11.2. The number of nitrogens with one attached hydrogen (secondary N) is 1. The minimum Gasteiger partial charge on any atom is -0.437 e. The molecule has 1 heterocycles. The van der Waals surface area contributed by atoms with Crippen molar-refractivity contribution in [2.45, 2.75) is 0 Å². The highest BCUT2D eigenvalue weighted by Gasteiger charge is 2.01. The third-order valence-electron chi connectivity index (χ3n) is 2.10. The second-order valence-electron chi connectivity index (χ2n) is 3.37. The molecule has 5 nitrogen and oxygen atoms in total. The zero-order chi connectivity index (χ0) is 12.1. The predicted molar refractivity (Wildman–Crippen MR) is 63.1 cm³/mol. The zero-order valence-electron chi connectivity index (χ0n) is 9.09.